The second kappa shape index (κ2) is 5.99. The summed E-state index contributed by atoms with van der Waals surface area (Å²) in [5, 5.41) is 0. The summed E-state index contributed by atoms with van der Waals surface area (Å²) in [4.78, 5) is 22.6. The molecule has 5 nitrogen and oxygen atoms in total. The first-order valence-electron chi connectivity index (χ1n) is 6.96. The first kappa shape index (κ1) is 13.8. The molecule has 1 heterocycles. The predicted molar refractivity (Wildman–Crippen MR) is 74.6 cm³/mol. The molecule has 19 heavy (non-hydrogen) atoms. The molecule has 2 rings (SSSR count). The van der Waals surface area contributed by atoms with Gasteiger partial charge in [-0.3, -0.25) is 9.78 Å². The van der Waals surface area contributed by atoms with E-state index in [4.69, 9.17) is 5.73 Å². The molecule has 0 bridgehead atoms. The van der Waals surface area contributed by atoms with Crippen molar-refractivity contribution in [1.29, 1.82) is 0 Å². The Bertz CT molecular complexity index is 441. The lowest BCUT2D eigenvalue weighted by Crippen LogP contribution is -2.41. The Labute approximate surface area is 114 Å². The summed E-state index contributed by atoms with van der Waals surface area (Å²) in [6.45, 7) is 5.01. The number of hydrogen-bond acceptors (Lipinski definition) is 4. The van der Waals surface area contributed by atoms with E-state index >= 15 is 0 Å². The van der Waals surface area contributed by atoms with E-state index in [1.54, 1.807) is 0 Å². The molecule has 1 fully saturated rings. The molecule has 2 N–H and O–H groups in total. The molecule has 0 atom stereocenters. The summed E-state index contributed by atoms with van der Waals surface area (Å²) in [5.74, 6) is 0.695. The third-order valence-electron chi connectivity index (χ3n) is 3.46. The Balaban J connectivity index is 2.19. The van der Waals surface area contributed by atoms with Crippen LogP contribution in [0.1, 0.15) is 50.0 Å². The summed E-state index contributed by atoms with van der Waals surface area (Å²) in [7, 11) is 0. The largest absolute Gasteiger partial charge is 0.382 e. The van der Waals surface area contributed by atoms with Gasteiger partial charge in [-0.25, -0.2) is 4.98 Å². The van der Waals surface area contributed by atoms with Gasteiger partial charge in [0.25, 0.3) is 5.91 Å². The van der Waals surface area contributed by atoms with Gasteiger partial charge >= 0.3 is 0 Å². The van der Waals surface area contributed by atoms with Gasteiger partial charge in [0.1, 0.15) is 11.5 Å². The van der Waals surface area contributed by atoms with Crippen LogP contribution in [0.25, 0.3) is 0 Å². The highest BCUT2D eigenvalue weighted by Crippen LogP contribution is 2.25. The third kappa shape index (κ3) is 3.43. The van der Waals surface area contributed by atoms with Crippen molar-refractivity contribution in [3.8, 4) is 0 Å². The highest BCUT2D eigenvalue weighted by molar-refractivity contribution is 5.92. The molecule has 1 aromatic rings. The number of rotatable bonds is 4. The molecule has 0 spiro atoms. The number of nitrogen functional groups attached to an aromatic ring is 1. The molecule has 0 saturated heterocycles. The lowest BCUT2D eigenvalue weighted by molar-refractivity contribution is 0.0649. The van der Waals surface area contributed by atoms with E-state index in [0.29, 0.717) is 23.5 Å². The molecule has 1 aromatic heterocycles. The molecule has 0 unspecified atom stereocenters. The van der Waals surface area contributed by atoms with Crippen molar-refractivity contribution in [2.45, 2.75) is 45.6 Å². The number of carbonyl (C=O) groups is 1. The first-order valence-corrected chi connectivity index (χ1v) is 6.96. The van der Waals surface area contributed by atoms with Crippen molar-refractivity contribution < 1.29 is 4.79 Å². The van der Waals surface area contributed by atoms with Gasteiger partial charge in [-0.1, -0.05) is 26.7 Å². The van der Waals surface area contributed by atoms with Crippen LogP contribution >= 0.6 is 0 Å². The van der Waals surface area contributed by atoms with Crippen molar-refractivity contribution >= 4 is 11.7 Å². The molecule has 1 saturated carbocycles. The number of nitrogens with zero attached hydrogens (tertiary/aromatic N) is 3. The Morgan fingerprint density at radius 3 is 2.68 bits per heavy atom. The van der Waals surface area contributed by atoms with Gasteiger partial charge in [0.05, 0.1) is 12.4 Å². The van der Waals surface area contributed by atoms with E-state index in [1.165, 1.54) is 25.2 Å². The van der Waals surface area contributed by atoms with Gasteiger partial charge in [0.2, 0.25) is 0 Å². The average Bonchev–Trinajstić information content (AvgIpc) is 2.88. The molecule has 5 heteroatoms. The molecule has 0 aromatic carbocycles. The van der Waals surface area contributed by atoms with Gasteiger partial charge in [0.15, 0.2) is 0 Å². The smallest absolute Gasteiger partial charge is 0.274 e. The number of nitrogens with two attached hydrogens (primary N) is 1. The number of amides is 1. The molecular formula is C14H22N4O. The number of anilines is 1. The maximum atomic E-state index is 12.6. The highest BCUT2D eigenvalue weighted by Gasteiger charge is 2.28. The molecule has 1 amide bonds. The minimum atomic E-state index is -0.0413. The summed E-state index contributed by atoms with van der Waals surface area (Å²) < 4.78 is 0. The third-order valence-corrected chi connectivity index (χ3v) is 3.46. The van der Waals surface area contributed by atoms with Crippen molar-refractivity contribution in [1.82, 2.24) is 14.9 Å². The standard InChI is InChI=1S/C14H22N4O/c1-10(2)9-18(11-5-3-4-6-11)14(19)12-7-16-8-13(15)17-12/h7-8,10-11H,3-6,9H2,1-2H3,(H2,15,17). The van der Waals surface area contributed by atoms with Crippen LogP contribution in [0.4, 0.5) is 5.82 Å². The van der Waals surface area contributed by atoms with Crippen LogP contribution in [0.2, 0.25) is 0 Å². The second-order valence-electron chi connectivity index (χ2n) is 5.62. The molecule has 104 valence electrons. The van der Waals surface area contributed by atoms with Crippen LogP contribution in [0.15, 0.2) is 12.4 Å². The van der Waals surface area contributed by atoms with Gasteiger partial charge in [-0.2, -0.15) is 0 Å². The lowest BCUT2D eigenvalue weighted by Gasteiger charge is -2.30. The molecular weight excluding hydrogens is 240 g/mol. The predicted octanol–water partition coefficient (Wildman–Crippen LogP) is 2.10. The fourth-order valence-corrected chi connectivity index (χ4v) is 2.64. The van der Waals surface area contributed by atoms with E-state index in [1.807, 2.05) is 4.90 Å². The van der Waals surface area contributed by atoms with Crippen molar-refractivity contribution in [2.24, 2.45) is 5.92 Å². The number of aromatic nitrogens is 2. The van der Waals surface area contributed by atoms with Crippen molar-refractivity contribution in [2.75, 3.05) is 12.3 Å². The molecule has 1 aliphatic rings. The van der Waals surface area contributed by atoms with Crippen molar-refractivity contribution in [3.63, 3.8) is 0 Å². The van der Waals surface area contributed by atoms with Gasteiger partial charge in [0, 0.05) is 12.6 Å². The fraction of sp³-hybridized carbons (Fsp3) is 0.643. The minimum absolute atomic E-state index is 0.0413. The topological polar surface area (TPSA) is 72.1 Å². The summed E-state index contributed by atoms with van der Waals surface area (Å²) in [5.41, 5.74) is 5.96. The van der Waals surface area contributed by atoms with Crippen molar-refractivity contribution in [3.05, 3.63) is 18.1 Å². The van der Waals surface area contributed by atoms with Crippen LogP contribution in [0.5, 0.6) is 0 Å². The number of hydrogen-bond donors (Lipinski definition) is 1. The van der Waals surface area contributed by atoms with E-state index < -0.39 is 0 Å². The average molecular weight is 262 g/mol. The van der Waals surface area contributed by atoms with Crippen LogP contribution < -0.4 is 5.73 Å². The molecule has 0 radical (unpaired) electrons. The zero-order valence-corrected chi connectivity index (χ0v) is 11.7. The van der Waals surface area contributed by atoms with E-state index in [9.17, 15) is 4.79 Å². The number of carbonyl (C=O) groups excluding carboxylic acids is 1. The second-order valence-corrected chi connectivity index (χ2v) is 5.62. The molecule has 1 aliphatic carbocycles. The van der Waals surface area contributed by atoms with Gasteiger partial charge in [-0.05, 0) is 18.8 Å². The van der Waals surface area contributed by atoms with Crippen LogP contribution in [-0.4, -0.2) is 33.4 Å². The summed E-state index contributed by atoms with van der Waals surface area (Å²) in [6, 6.07) is 0.345. The Kier molecular flexibility index (Phi) is 4.35. The minimum Gasteiger partial charge on any atom is -0.382 e. The monoisotopic (exact) mass is 262 g/mol. The lowest BCUT2D eigenvalue weighted by atomic mass is 10.1. The zero-order valence-electron chi connectivity index (χ0n) is 11.7. The Hall–Kier alpha value is -1.65. The van der Waals surface area contributed by atoms with Gasteiger partial charge in [-0.15, -0.1) is 0 Å². The Morgan fingerprint density at radius 2 is 2.11 bits per heavy atom. The summed E-state index contributed by atoms with van der Waals surface area (Å²) in [6.07, 6.45) is 7.55. The van der Waals surface area contributed by atoms with E-state index in [-0.39, 0.29) is 5.91 Å². The summed E-state index contributed by atoms with van der Waals surface area (Å²) >= 11 is 0. The van der Waals surface area contributed by atoms with Gasteiger partial charge < -0.3 is 10.6 Å². The maximum Gasteiger partial charge on any atom is 0.274 e. The first-order chi connectivity index (χ1) is 9.08. The normalized spacial score (nSPS) is 15.9. The fourth-order valence-electron chi connectivity index (χ4n) is 2.64. The highest BCUT2D eigenvalue weighted by atomic mass is 16.2. The quantitative estimate of drug-likeness (QED) is 0.902. The Morgan fingerprint density at radius 1 is 1.42 bits per heavy atom. The SMILES string of the molecule is CC(C)CN(C(=O)c1cncc(N)n1)C1CCCC1. The maximum absolute atomic E-state index is 12.6. The van der Waals surface area contributed by atoms with Crippen LogP contribution in [0, 0.1) is 5.92 Å². The molecule has 0 aliphatic heterocycles. The zero-order chi connectivity index (χ0) is 13.8. The van der Waals surface area contributed by atoms with Crippen LogP contribution in [0.3, 0.4) is 0 Å². The van der Waals surface area contributed by atoms with E-state index in [0.717, 1.165) is 19.4 Å². The van der Waals surface area contributed by atoms with E-state index in [2.05, 4.69) is 23.8 Å². The van der Waals surface area contributed by atoms with Crippen LogP contribution in [-0.2, 0) is 0 Å².